The normalized spacial score (nSPS) is 20.5. The molecule has 0 saturated carbocycles. The van der Waals surface area contributed by atoms with E-state index in [9.17, 15) is 22.4 Å². The Morgan fingerprint density at radius 3 is 2.66 bits per heavy atom. The van der Waals surface area contributed by atoms with E-state index in [4.69, 9.17) is 4.74 Å². The number of anilines is 2. The van der Waals surface area contributed by atoms with Crippen molar-refractivity contribution in [3.8, 4) is 0 Å². The molecule has 2 aromatic carbocycles. The third-order valence-electron chi connectivity index (χ3n) is 6.17. The van der Waals surface area contributed by atoms with E-state index in [1.165, 1.54) is 19.2 Å². The molecule has 0 unspecified atom stereocenters. The van der Waals surface area contributed by atoms with Gasteiger partial charge in [0.15, 0.2) is 0 Å². The maximum atomic E-state index is 14.4. The minimum absolute atomic E-state index is 0.185. The summed E-state index contributed by atoms with van der Waals surface area (Å²) < 4.78 is 59.2. The molecule has 0 spiro atoms. The van der Waals surface area contributed by atoms with Gasteiger partial charge in [-0.05, 0) is 42.3 Å². The molecule has 1 amide bonds. The zero-order valence-corrected chi connectivity index (χ0v) is 17.7. The highest BCUT2D eigenvalue weighted by Crippen LogP contribution is 2.40. The Kier molecular flexibility index (Phi) is 6.28. The monoisotopic (exact) mass is 451 g/mol. The zero-order chi connectivity index (χ0) is 22.9. The minimum Gasteiger partial charge on any atom is -0.383 e. The molecule has 0 aliphatic carbocycles. The molecule has 2 heterocycles. The Hall–Kier alpha value is -2.81. The van der Waals surface area contributed by atoms with Crippen LogP contribution in [0.15, 0.2) is 42.5 Å². The molecular formula is C23H25F4N3O2. The topological polar surface area (TPSA) is 44.8 Å². The number of halogens is 4. The highest BCUT2D eigenvalue weighted by molar-refractivity contribution is 5.82. The fraction of sp³-hybridized carbons (Fsp3) is 0.435. The summed E-state index contributed by atoms with van der Waals surface area (Å²) >= 11 is 0. The van der Waals surface area contributed by atoms with Crippen molar-refractivity contribution in [2.45, 2.75) is 18.6 Å². The lowest BCUT2D eigenvalue weighted by Gasteiger charge is -2.49. The lowest BCUT2D eigenvalue weighted by Crippen LogP contribution is -2.61. The quantitative estimate of drug-likeness (QED) is 0.559. The van der Waals surface area contributed by atoms with Gasteiger partial charge in [0.25, 0.3) is 0 Å². The van der Waals surface area contributed by atoms with Gasteiger partial charge in [0.2, 0.25) is 5.91 Å². The van der Waals surface area contributed by atoms with Crippen molar-refractivity contribution in [2.24, 2.45) is 5.92 Å². The fourth-order valence-electron chi connectivity index (χ4n) is 4.63. The van der Waals surface area contributed by atoms with Crippen LogP contribution in [-0.2, 0) is 22.1 Å². The molecule has 32 heavy (non-hydrogen) atoms. The predicted molar refractivity (Wildman–Crippen MR) is 113 cm³/mol. The summed E-state index contributed by atoms with van der Waals surface area (Å²) in [6.07, 6.45) is -4.27. The fourth-order valence-corrected chi connectivity index (χ4v) is 4.63. The smallest absolute Gasteiger partial charge is 0.383 e. The number of amides is 1. The standard InChI is InChI=1S/C23H25F4N3O2/c1-32-11-8-28-22(31)17-13-15-12-16(23(25,26)27)6-7-19(15)30-10-9-29(14-21(17)30)20-5-3-2-4-18(20)24/h2-7,12,17,21H,8-11,13-14H2,1H3,(H,28,31)/t17-,21+/m0/s1. The van der Waals surface area contributed by atoms with Crippen molar-refractivity contribution in [2.75, 3.05) is 49.7 Å². The first-order valence-electron chi connectivity index (χ1n) is 10.5. The average Bonchev–Trinajstić information content (AvgIpc) is 2.77. The van der Waals surface area contributed by atoms with Crippen LogP contribution < -0.4 is 15.1 Å². The SMILES string of the molecule is COCCNC(=O)[C@H]1Cc2cc(C(F)(F)F)ccc2N2CCN(c3ccccc3F)C[C@H]12. The summed E-state index contributed by atoms with van der Waals surface area (Å²) in [5.41, 5.74) is 0.946. The molecule has 1 N–H and O–H groups in total. The highest BCUT2D eigenvalue weighted by atomic mass is 19.4. The van der Waals surface area contributed by atoms with E-state index >= 15 is 0 Å². The summed E-state index contributed by atoms with van der Waals surface area (Å²) in [6.45, 7) is 2.01. The van der Waals surface area contributed by atoms with E-state index < -0.39 is 17.7 Å². The van der Waals surface area contributed by atoms with Crippen molar-refractivity contribution in [1.82, 2.24) is 5.32 Å². The Balaban J connectivity index is 1.66. The van der Waals surface area contributed by atoms with Gasteiger partial charge in [-0.25, -0.2) is 4.39 Å². The van der Waals surface area contributed by atoms with Crippen LogP contribution in [0.3, 0.4) is 0 Å². The first-order chi connectivity index (χ1) is 15.3. The van der Waals surface area contributed by atoms with E-state index in [0.29, 0.717) is 49.7 Å². The van der Waals surface area contributed by atoms with Crippen LogP contribution in [0.4, 0.5) is 28.9 Å². The van der Waals surface area contributed by atoms with E-state index in [0.717, 1.165) is 12.1 Å². The maximum Gasteiger partial charge on any atom is 0.416 e. The van der Waals surface area contributed by atoms with Gasteiger partial charge in [-0.2, -0.15) is 13.2 Å². The van der Waals surface area contributed by atoms with Crippen molar-refractivity contribution in [3.63, 3.8) is 0 Å². The summed E-state index contributed by atoms with van der Waals surface area (Å²) in [7, 11) is 1.52. The number of benzene rings is 2. The lowest BCUT2D eigenvalue weighted by atomic mass is 9.82. The number of carbonyl (C=O) groups excluding carboxylic acids is 1. The van der Waals surface area contributed by atoms with Crippen molar-refractivity contribution in [1.29, 1.82) is 0 Å². The van der Waals surface area contributed by atoms with Gasteiger partial charge in [0.1, 0.15) is 5.82 Å². The number of rotatable bonds is 5. The molecule has 0 bridgehead atoms. The van der Waals surface area contributed by atoms with E-state index in [2.05, 4.69) is 5.32 Å². The number of hydrogen-bond acceptors (Lipinski definition) is 4. The molecule has 9 heteroatoms. The molecule has 2 atom stereocenters. The van der Waals surface area contributed by atoms with Crippen LogP contribution in [-0.4, -0.2) is 51.8 Å². The maximum absolute atomic E-state index is 14.4. The highest BCUT2D eigenvalue weighted by Gasteiger charge is 2.43. The van der Waals surface area contributed by atoms with Crippen molar-refractivity contribution < 1.29 is 27.1 Å². The van der Waals surface area contributed by atoms with Gasteiger partial charge in [0.05, 0.1) is 29.8 Å². The van der Waals surface area contributed by atoms with Crippen LogP contribution in [0.1, 0.15) is 11.1 Å². The number of hydrogen-bond donors (Lipinski definition) is 1. The van der Waals surface area contributed by atoms with Crippen molar-refractivity contribution >= 4 is 17.3 Å². The number of alkyl halides is 3. The van der Waals surface area contributed by atoms with Crippen LogP contribution in [0.2, 0.25) is 0 Å². The molecule has 4 rings (SSSR count). The van der Waals surface area contributed by atoms with Crippen LogP contribution >= 0.6 is 0 Å². The number of para-hydroxylation sites is 1. The second kappa shape index (κ2) is 8.97. The number of fused-ring (bicyclic) bond motifs is 3. The molecule has 172 valence electrons. The van der Waals surface area contributed by atoms with Gasteiger partial charge in [-0.3, -0.25) is 4.79 Å². The third-order valence-corrected chi connectivity index (χ3v) is 6.17. The molecule has 5 nitrogen and oxygen atoms in total. The molecular weight excluding hydrogens is 426 g/mol. The Morgan fingerprint density at radius 1 is 1.16 bits per heavy atom. The summed E-state index contributed by atoms with van der Waals surface area (Å²) in [4.78, 5) is 16.9. The number of piperazine rings is 1. The minimum atomic E-state index is -4.45. The van der Waals surface area contributed by atoms with Crippen molar-refractivity contribution in [3.05, 3.63) is 59.4 Å². The molecule has 0 radical (unpaired) electrons. The Morgan fingerprint density at radius 2 is 1.94 bits per heavy atom. The van der Waals surface area contributed by atoms with E-state index in [-0.39, 0.29) is 24.2 Å². The summed E-state index contributed by atoms with van der Waals surface area (Å²) in [5.74, 6) is -1.15. The van der Waals surface area contributed by atoms with E-state index in [1.807, 2.05) is 9.80 Å². The predicted octanol–water partition coefficient (Wildman–Crippen LogP) is 3.47. The number of methoxy groups -OCH3 is 1. The van der Waals surface area contributed by atoms with Gasteiger partial charge in [-0.15, -0.1) is 0 Å². The zero-order valence-electron chi connectivity index (χ0n) is 17.7. The van der Waals surface area contributed by atoms with E-state index in [1.54, 1.807) is 18.2 Å². The number of carbonyl (C=O) groups is 1. The molecule has 1 fully saturated rings. The largest absolute Gasteiger partial charge is 0.416 e. The van der Waals surface area contributed by atoms with Gasteiger partial charge < -0.3 is 19.9 Å². The molecule has 2 aliphatic heterocycles. The van der Waals surface area contributed by atoms with Gasteiger partial charge in [0, 0.05) is 39.0 Å². The number of nitrogens with one attached hydrogen (secondary N) is 1. The van der Waals surface area contributed by atoms with Gasteiger partial charge in [-0.1, -0.05) is 12.1 Å². The van der Waals surface area contributed by atoms with Crippen LogP contribution in [0, 0.1) is 11.7 Å². The Labute approximate surface area is 183 Å². The van der Waals surface area contributed by atoms with Gasteiger partial charge >= 0.3 is 6.18 Å². The lowest BCUT2D eigenvalue weighted by molar-refractivity contribution is -0.137. The first-order valence-corrected chi connectivity index (χ1v) is 10.5. The second-order valence-corrected chi connectivity index (χ2v) is 8.09. The first kappa shape index (κ1) is 22.4. The number of ether oxygens (including phenoxy) is 1. The average molecular weight is 451 g/mol. The van der Waals surface area contributed by atoms with Crippen LogP contribution in [0.5, 0.6) is 0 Å². The second-order valence-electron chi connectivity index (χ2n) is 8.09. The summed E-state index contributed by atoms with van der Waals surface area (Å²) in [6, 6.07) is 9.89. The molecule has 1 saturated heterocycles. The summed E-state index contributed by atoms with van der Waals surface area (Å²) in [5, 5.41) is 2.82. The Bertz CT molecular complexity index is 982. The molecule has 2 aromatic rings. The third kappa shape index (κ3) is 4.39. The van der Waals surface area contributed by atoms with Crippen LogP contribution in [0.25, 0.3) is 0 Å². The molecule has 0 aromatic heterocycles. The number of nitrogens with zero attached hydrogens (tertiary/aromatic N) is 2. The molecule has 2 aliphatic rings.